The van der Waals surface area contributed by atoms with Crippen LogP contribution in [0, 0.1) is 5.92 Å². The van der Waals surface area contributed by atoms with Crippen LogP contribution in [-0.2, 0) is 0 Å². The third-order valence-electron chi connectivity index (χ3n) is 3.63. The Morgan fingerprint density at radius 1 is 0.875 bits per heavy atom. The van der Waals surface area contributed by atoms with Gasteiger partial charge in [0, 0.05) is 15.5 Å². The van der Waals surface area contributed by atoms with Gasteiger partial charge >= 0.3 is 0 Å². The Morgan fingerprint density at radius 2 is 1.29 bits per heavy atom. The first kappa shape index (κ1) is 18.9. The molecule has 0 aliphatic heterocycles. The van der Waals surface area contributed by atoms with Gasteiger partial charge in [-0.3, -0.25) is 14.5 Å². The molecular weight excluding hydrogens is 434 g/mol. The van der Waals surface area contributed by atoms with E-state index in [1.807, 2.05) is 12.1 Å². The molecule has 2 amide bonds. The lowest BCUT2D eigenvalue weighted by Crippen LogP contribution is -2.38. The summed E-state index contributed by atoms with van der Waals surface area (Å²) in [7, 11) is 0. The molecule has 126 valence electrons. The Bertz CT molecular complexity index is 686. The van der Waals surface area contributed by atoms with Crippen LogP contribution in [-0.4, -0.2) is 23.3 Å². The van der Waals surface area contributed by atoms with E-state index in [1.165, 1.54) is 4.90 Å². The van der Waals surface area contributed by atoms with Crippen LogP contribution >= 0.6 is 31.9 Å². The quantitative estimate of drug-likeness (QED) is 0.558. The lowest BCUT2D eigenvalue weighted by Gasteiger charge is -2.23. The largest absolute Gasteiger partial charge is 0.274 e. The molecule has 2 aromatic rings. The van der Waals surface area contributed by atoms with Crippen molar-refractivity contribution in [2.45, 2.75) is 20.3 Å². The number of carbonyl (C=O) groups excluding carboxylic acids is 2. The fourth-order valence-corrected chi connectivity index (χ4v) is 3.15. The standard InChI is InChI=1S/C19H19Br2NO2/c1-13(2)11-12-22(18(23)14-7-3-5-9-16(14)20)19(24)15-8-4-6-10-17(15)21/h3-10,13H,11-12H2,1-2H3. The minimum Gasteiger partial charge on any atom is -0.274 e. The lowest BCUT2D eigenvalue weighted by atomic mass is 10.1. The third-order valence-corrected chi connectivity index (χ3v) is 5.01. The summed E-state index contributed by atoms with van der Waals surface area (Å²) >= 11 is 6.79. The van der Waals surface area contributed by atoms with Gasteiger partial charge in [-0.25, -0.2) is 0 Å². The molecule has 0 unspecified atom stereocenters. The summed E-state index contributed by atoms with van der Waals surface area (Å²) in [5.41, 5.74) is 0.975. The molecule has 0 saturated heterocycles. The molecule has 0 radical (unpaired) electrons. The van der Waals surface area contributed by atoms with Crippen molar-refractivity contribution in [2.24, 2.45) is 5.92 Å². The molecule has 0 heterocycles. The summed E-state index contributed by atoms with van der Waals surface area (Å²) in [4.78, 5) is 27.3. The Hall–Kier alpha value is -1.46. The molecule has 0 aliphatic carbocycles. The van der Waals surface area contributed by atoms with E-state index in [4.69, 9.17) is 0 Å². The van der Waals surface area contributed by atoms with Gasteiger partial charge in [0.05, 0.1) is 11.1 Å². The van der Waals surface area contributed by atoms with Gasteiger partial charge in [-0.05, 0) is 68.5 Å². The highest BCUT2D eigenvalue weighted by Crippen LogP contribution is 2.22. The van der Waals surface area contributed by atoms with Gasteiger partial charge in [-0.15, -0.1) is 0 Å². The maximum atomic E-state index is 13.0. The number of hydrogen-bond acceptors (Lipinski definition) is 2. The SMILES string of the molecule is CC(C)CCN(C(=O)c1ccccc1Br)C(=O)c1ccccc1Br. The van der Waals surface area contributed by atoms with Crippen molar-refractivity contribution in [1.82, 2.24) is 4.90 Å². The third kappa shape index (κ3) is 4.54. The van der Waals surface area contributed by atoms with E-state index in [0.29, 0.717) is 32.5 Å². The zero-order valence-corrected chi connectivity index (χ0v) is 16.8. The molecule has 3 nitrogen and oxygen atoms in total. The number of imide groups is 1. The van der Waals surface area contributed by atoms with Gasteiger partial charge < -0.3 is 0 Å². The van der Waals surface area contributed by atoms with Crippen LogP contribution < -0.4 is 0 Å². The zero-order chi connectivity index (χ0) is 17.7. The second-order valence-corrected chi connectivity index (χ2v) is 7.61. The Labute approximate surface area is 159 Å². The van der Waals surface area contributed by atoms with E-state index in [2.05, 4.69) is 45.7 Å². The topological polar surface area (TPSA) is 37.4 Å². The summed E-state index contributed by atoms with van der Waals surface area (Å²) in [6.45, 7) is 4.53. The summed E-state index contributed by atoms with van der Waals surface area (Å²) < 4.78 is 1.37. The first-order valence-electron chi connectivity index (χ1n) is 7.77. The molecule has 2 aromatic carbocycles. The van der Waals surface area contributed by atoms with E-state index >= 15 is 0 Å². The monoisotopic (exact) mass is 451 g/mol. The Balaban J connectivity index is 2.38. The number of benzene rings is 2. The van der Waals surface area contributed by atoms with Crippen LogP contribution in [0.5, 0.6) is 0 Å². The molecule has 0 bridgehead atoms. The highest BCUT2D eigenvalue weighted by molar-refractivity contribution is 9.10. The number of nitrogens with zero attached hydrogens (tertiary/aromatic N) is 1. The van der Waals surface area contributed by atoms with Gasteiger partial charge in [0.2, 0.25) is 0 Å². The number of amides is 2. The number of halogens is 2. The molecule has 0 atom stereocenters. The molecular formula is C19H19Br2NO2. The minimum absolute atomic E-state index is 0.288. The van der Waals surface area contributed by atoms with E-state index in [1.54, 1.807) is 36.4 Å². The molecule has 5 heteroatoms. The first-order valence-corrected chi connectivity index (χ1v) is 9.35. The van der Waals surface area contributed by atoms with E-state index in [-0.39, 0.29) is 11.8 Å². The zero-order valence-electron chi connectivity index (χ0n) is 13.6. The summed E-state index contributed by atoms with van der Waals surface area (Å²) in [5, 5.41) is 0. The molecule has 24 heavy (non-hydrogen) atoms. The Morgan fingerprint density at radius 3 is 1.67 bits per heavy atom. The van der Waals surface area contributed by atoms with Crippen molar-refractivity contribution in [3.8, 4) is 0 Å². The second kappa shape index (κ2) is 8.58. The lowest BCUT2D eigenvalue weighted by molar-refractivity contribution is 0.0608. The van der Waals surface area contributed by atoms with Crippen molar-refractivity contribution >= 4 is 43.7 Å². The van der Waals surface area contributed by atoms with Crippen LogP contribution in [0.3, 0.4) is 0 Å². The first-order chi connectivity index (χ1) is 11.4. The fourth-order valence-electron chi connectivity index (χ4n) is 2.24. The maximum Gasteiger partial charge on any atom is 0.261 e. The number of hydrogen-bond donors (Lipinski definition) is 0. The molecule has 0 aliphatic rings. The molecule has 0 aromatic heterocycles. The smallest absolute Gasteiger partial charge is 0.261 e. The molecule has 0 N–H and O–H groups in total. The van der Waals surface area contributed by atoms with Crippen molar-refractivity contribution in [3.63, 3.8) is 0 Å². The molecule has 0 fully saturated rings. The second-order valence-electron chi connectivity index (χ2n) is 5.90. The predicted molar refractivity (Wildman–Crippen MR) is 103 cm³/mol. The highest BCUT2D eigenvalue weighted by atomic mass is 79.9. The van der Waals surface area contributed by atoms with Crippen LogP contribution in [0.2, 0.25) is 0 Å². The van der Waals surface area contributed by atoms with Gasteiger partial charge in [0.15, 0.2) is 0 Å². The van der Waals surface area contributed by atoms with Crippen LogP contribution in [0.25, 0.3) is 0 Å². The van der Waals surface area contributed by atoms with Gasteiger partial charge in [-0.2, -0.15) is 0 Å². The van der Waals surface area contributed by atoms with E-state index in [0.717, 1.165) is 6.42 Å². The molecule has 2 rings (SSSR count). The average Bonchev–Trinajstić information content (AvgIpc) is 2.55. The number of carbonyl (C=O) groups is 2. The number of rotatable bonds is 5. The fraction of sp³-hybridized carbons (Fsp3) is 0.263. The van der Waals surface area contributed by atoms with Gasteiger partial charge in [-0.1, -0.05) is 38.1 Å². The minimum atomic E-state index is -0.288. The van der Waals surface area contributed by atoms with Crippen LogP contribution in [0.4, 0.5) is 0 Å². The molecule has 0 saturated carbocycles. The predicted octanol–water partition coefficient (Wildman–Crippen LogP) is 5.54. The summed E-state index contributed by atoms with van der Waals surface area (Å²) in [5.74, 6) is -0.181. The average molecular weight is 453 g/mol. The van der Waals surface area contributed by atoms with Gasteiger partial charge in [0.1, 0.15) is 0 Å². The molecule has 0 spiro atoms. The van der Waals surface area contributed by atoms with Crippen molar-refractivity contribution in [2.75, 3.05) is 6.54 Å². The van der Waals surface area contributed by atoms with Gasteiger partial charge in [0.25, 0.3) is 11.8 Å². The normalized spacial score (nSPS) is 10.7. The van der Waals surface area contributed by atoms with Crippen molar-refractivity contribution in [3.05, 3.63) is 68.6 Å². The van der Waals surface area contributed by atoms with Crippen molar-refractivity contribution < 1.29 is 9.59 Å². The van der Waals surface area contributed by atoms with E-state index in [9.17, 15) is 9.59 Å². The maximum absolute atomic E-state index is 13.0. The summed E-state index contributed by atoms with van der Waals surface area (Å²) in [6.07, 6.45) is 0.756. The van der Waals surface area contributed by atoms with E-state index < -0.39 is 0 Å². The Kier molecular flexibility index (Phi) is 6.75. The van der Waals surface area contributed by atoms with Crippen LogP contribution in [0.1, 0.15) is 41.0 Å². The van der Waals surface area contributed by atoms with Crippen LogP contribution in [0.15, 0.2) is 57.5 Å². The van der Waals surface area contributed by atoms with Crippen molar-refractivity contribution in [1.29, 1.82) is 0 Å². The highest BCUT2D eigenvalue weighted by Gasteiger charge is 2.26. The summed E-state index contributed by atoms with van der Waals surface area (Å²) in [6, 6.07) is 14.3.